The van der Waals surface area contributed by atoms with Crippen LogP contribution in [-0.2, 0) is 0 Å². The lowest BCUT2D eigenvalue weighted by molar-refractivity contribution is 0.160. The van der Waals surface area contributed by atoms with Gasteiger partial charge in [0.1, 0.15) is 0 Å². The number of allylic oxidation sites excluding steroid dienone is 2. The second-order valence-electron chi connectivity index (χ2n) is 4.55. The third-order valence-corrected chi connectivity index (χ3v) is 3.01. The van der Waals surface area contributed by atoms with Crippen molar-refractivity contribution in [3.8, 4) is 0 Å². The zero-order chi connectivity index (χ0) is 9.84. The van der Waals surface area contributed by atoms with Crippen molar-refractivity contribution in [1.82, 2.24) is 0 Å². The van der Waals surface area contributed by atoms with Crippen LogP contribution in [0.3, 0.4) is 0 Å². The molecule has 2 atom stereocenters. The highest BCUT2D eigenvalue weighted by Gasteiger charge is 2.20. The summed E-state index contributed by atoms with van der Waals surface area (Å²) in [4.78, 5) is 0. The van der Waals surface area contributed by atoms with E-state index in [9.17, 15) is 5.11 Å². The monoisotopic (exact) mass is 182 g/mol. The minimum atomic E-state index is -0.141. The van der Waals surface area contributed by atoms with Crippen LogP contribution in [0.5, 0.6) is 0 Å². The molecule has 1 saturated carbocycles. The summed E-state index contributed by atoms with van der Waals surface area (Å²) < 4.78 is 0. The lowest BCUT2D eigenvalue weighted by atomic mass is 9.79. The summed E-state index contributed by atoms with van der Waals surface area (Å²) >= 11 is 0. The Kier molecular flexibility index (Phi) is 3.98. The highest BCUT2D eigenvalue weighted by Crippen LogP contribution is 2.34. The van der Waals surface area contributed by atoms with Gasteiger partial charge >= 0.3 is 0 Å². The molecule has 0 amide bonds. The maximum Gasteiger partial charge on any atom is 0.0517 e. The Morgan fingerprint density at radius 2 is 2.15 bits per heavy atom. The molecule has 0 spiro atoms. The summed E-state index contributed by atoms with van der Waals surface area (Å²) in [5, 5.41) is 9.38. The van der Waals surface area contributed by atoms with Crippen LogP contribution in [-0.4, -0.2) is 11.2 Å². The number of aliphatic hydroxyl groups excluding tert-OH is 1. The third kappa shape index (κ3) is 3.15. The summed E-state index contributed by atoms with van der Waals surface area (Å²) in [6.45, 7) is 6.31. The first-order valence-electron chi connectivity index (χ1n) is 5.45. The number of hydrogen-bond acceptors (Lipinski definition) is 1. The lowest BCUT2D eigenvalue weighted by Gasteiger charge is -2.27. The molecular weight excluding hydrogens is 160 g/mol. The minimum Gasteiger partial charge on any atom is -0.393 e. The first kappa shape index (κ1) is 10.8. The average molecular weight is 182 g/mol. The predicted octanol–water partition coefficient (Wildman–Crippen LogP) is 3.28. The molecule has 0 heterocycles. The van der Waals surface area contributed by atoms with Crippen LogP contribution in [0.15, 0.2) is 11.1 Å². The molecule has 1 aliphatic rings. The fraction of sp³-hybridized carbons (Fsp3) is 0.833. The van der Waals surface area contributed by atoms with Gasteiger partial charge in [-0.1, -0.05) is 17.6 Å². The summed E-state index contributed by atoms with van der Waals surface area (Å²) in [6, 6.07) is 0. The highest BCUT2D eigenvalue weighted by atomic mass is 16.3. The zero-order valence-corrected chi connectivity index (χ0v) is 9.14. The van der Waals surface area contributed by atoms with Crippen molar-refractivity contribution in [2.24, 2.45) is 5.92 Å². The van der Waals surface area contributed by atoms with E-state index in [-0.39, 0.29) is 6.10 Å². The first-order valence-corrected chi connectivity index (χ1v) is 5.45. The van der Waals surface area contributed by atoms with Gasteiger partial charge in [0.25, 0.3) is 0 Å². The quantitative estimate of drug-likeness (QED) is 0.650. The molecule has 1 rings (SSSR count). The average Bonchev–Trinajstić information content (AvgIpc) is 2.03. The van der Waals surface area contributed by atoms with Gasteiger partial charge < -0.3 is 5.11 Å². The van der Waals surface area contributed by atoms with Crippen LogP contribution in [0, 0.1) is 5.92 Å². The van der Waals surface area contributed by atoms with Gasteiger partial charge in [0, 0.05) is 0 Å². The third-order valence-electron chi connectivity index (χ3n) is 3.01. The van der Waals surface area contributed by atoms with E-state index in [0.717, 1.165) is 6.42 Å². The molecule has 0 aromatic heterocycles. The minimum absolute atomic E-state index is 0.141. The van der Waals surface area contributed by atoms with E-state index in [0.29, 0.717) is 5.92 Å². The van der Waals surface area contributed by atoms with E-state index in [4.69, 9.17) is 0 Å². The summed E-state index contributed by atoms with van der Waals surface area (Å²) in [5.74, 6) is 0.666. The molecule has 13 heavy (non-hydrogen) atoms. The summed E-state index contributed by atoms with van der Waals surface area (Å²) in [5.41, 5.74) is 3.09. The van der Waals surface area contributed by atoms with Crippen molar-refractivity contribution in [1.29, 1.82) is 0 Å². The van der Waals surface area contributed by atoms with Crippen molar-refractivity contribution in [3.05, 3.63) is 11.1 Å². The Morgan fingerprint density at radius 1 is 1.46 bits per heavy atom. The van der Waals surface area contributed by atoms with Crippen molar-refractivity contribution >= 4 is 0 Å². The fourth-order valence-electron chi connectivity index (χ4n) is 2.41. The number of hydrogen-bond donors (Lipinski definition) is 1. The fourth-order valence-corrected chi connectivity index (χ4v) is 2.41. The standard InChI is InChI=1S/C12H22O/c1-9(2)12-7-5-4-6-11(12)8-10(3)13/h10-11,13H,4-8H2,1-3H3. The normalized spacial score (nSPS) is 25.8. The summed E-state index contributed by atoms with van der Waals surface area (Å²) in [6.07, 6.45) is 6.05. The Labute approximate surface area is 81.9 Å². The van der Waals surface area contributed by atoms with Crippen LogP contribution in [0.25, 0.3) is 0 Å². The lowest BCUT2D eigenvalue weighted by Crippen LogP contribution is -2.16. The Hall–Kier alpha value is -0.300. The second kappa shape index (κ2) is 4.80. The molecule has 0 aromatic rings. The molecule has 0 saturated heterocycles. The SMILES string of the molecule is CC(C)=C1CCCCC1CC(C)O. The molecule has 1 aliphatic carbocycles. The molecule has 2 unspecified atom stereocenters. The van der Waals surface area contributed by atoms with Gasteiger partial charge in [-0.15, -0.1) is 0 Å². The topological polar surface area (TPSA) is 20.2 Å². The predicted molar refractivity (Wildman–Crippen MR) is 56.6 cm³/mol. The van der Waals surface area contributed by atoms with Gasteiger partial charge in [-0.2, -0.15) is 0 Å². The maximum atomic E-state index is 9.38. The largest absolute Gasteiger partial charge is 0.393 e. The van der Waals surface area contributed by atoms with E-state index in [2.05, 4.69) is 13.8 Å². The van der Waals surface area contributed by atoms with Crippen molar-refractivity contribution in [2.75, 3.05) is 0 Å². The van der Waals surface area contributed by atoms with Crippen molar-refractivity contribution in [3.63, 3.8) is 0 Å². The Bertz CT molecular complexity index is 187. The Morgan fingerprint density at radius 3 is 2.69 bits per heavy atom. The molecule has 0 radical (unpaired) electrons. The van der Waals surface area contributed by atoms with Crippen LogP contribution in [0.2, 0.25) is 0 Å². The van der Waals surface area contributed by atoms with E-state index in [1.807, 2.05) is 6.92 Å². The summed E-state index contributed by atoms with van der Waals surface area (Å²) in [7, 11) is 0. The maximum absolute atomic E-state index is 9.38. The highest BCUT2D eigenvalue weighted by molar-refractivity contribution is 5.15. The van der Waals surface area contributed by atoms with Crippen LogP contribution in [0.4, 0.5) is 0 Å². The van der Waals surface area contributed by atoms with E-state index < -0.39 is 0 Å². The molecule has 0 aliphatic heterocycles. The molecule has 1 N–H and O–H groups in total. The second-order valence-corrected chi connectivity index (χ2v) is 4.55. The van der Waals surface area contributed by atoms with Gasteiger partial charge in [-0.05, 0) is 52.4 Å². The molecule has 1 fully saturated rings. The van der Waals surface area contributed by atoms with Gasteiger partial charge in [-0.3, -0.25) is 0 Å². The molecule has 1 nitrogen and oxygen atoms in total. The Balaban J connectivity index is 2.63. The van der Waals surface area contributed by atoms with E-state index in [1.165, 1.54) is 31.3 Å². The zero-order valence-electron chi connectivity index (χ0n) is 9.14. The van der Waals surface area contributed by atoms with Crippen molar-refractivity contribution in [2.45, 2.75) is 59.0 Å². The smallest absolute Gasteiger partial charge is 0.0517 e. The van der Waals surface area contributed by atoms with E-state index >= 15 is 0 Å². The first-order chi connectivity index (χ1) is 6.11. The van der Waals surface area contributed by atoms with Gasteiger partial charge in [-0.25, -0.2) is 0 Å². The van der Waals surface area contributed by atoms with Crippen molar-refractivity contribution < 1.29 is 5.11 Å². The van der Waals surface area contributed by atoms with Crippen LogP contribution < -0.4 is 0 Å². The molecule has 76 valence electrons. The molecule has 0 aromatic carbocycles. The molecular formula is C12H22O. The van der Waals surface area contributed by atoms with Gasteiger partial charge in [0.05, 0.1) is 6.10 Å². The number of rotatable bonds is 2. The van der Waals surface area contributed by atoms with Gasteiger partial charge in [0.15, 0.2) is 0 Å². The van der Waals surface area contributed by atoms with Gasteiger partial charge in [0.2, 0.25) is 0 Å². The van der Waals surface area contributed by atoms with Crippen LogP contribution in [0.1, 0.15) is 52.9 Å². The molecule has 1 heteroatoms. The van der Waals surface area contributed by atoms with E-state index in [1.54, 1.807) is 5.57 Å². The molecule has 0 bridgehead atoms. The number of aliphatic hydroxyl groups is 1. The van der Waals surface area contributed by atoms with Crippen LogP contribution >= 0.6 is 0 Å².